The molecule has 0 aliphatic heterocycles. The van der Waals surface area contributed by atoms with Crippen LogP contribution in [-0.2, 0) is 9.47 Å². The van der Waals surface area contributed by atoms with Gasteiger partial charge in [0.05, 0.1) is 24.9 Å². The average Bonchev–Trinajstić information content (AvgIpc) is 2.34. The highest BCUT2D eigenvalue weighted by Gasteiger charge is 2.23. The molecule has 1 aliphatic carbocycles. The number of alkyl carbamates (subject to hydrolysis) is 1. The Morgan fingerprint density at radius 3 is 2.45 bits per heavy atom. The molecule has 0 radical (unpaired) electrons. The van der Waals surface area contributed by atoms with Crippen LogP contribution in [0.25, 0.3) is 0 Å². The minimum atomic E-state index is -0.700. The van der Waals surface area contributed by atoms with Crippen molar-refractivity contribution in [2.24, 2.45) is 0 Å². The number of amides is 1. The van der Waals surface area contributed by atoms with Gasteiger partial charge in [-0.05, 0) is 46.5 Å². The van der Waals surface area contributed by atoms with Gasteiger partial charge >= 0.3 is 6.09 Å². The van der Waals surface area contributed by atoms with Gasteiger partial charge in [0.1, 0.15) is 12.3 Å². The van der Waals surface area contributed by atoms with Crippen molar-refractivity contribution in [1.29, 1.82) is 0 Å². The first-order valence-electron chi connectivity index (χ1n) is 7.15. The molecule has 0 aromatic heterocycles. The summed E-state index contributed by atoms with van der Waals surface area (Å²) in [5.74, 6) is 0. The molecule has 1 rings (SSSR count). The lowest BCUT2D eigenvalue weighted by Gasteiger charge is -2.27. The van der Waals surface area contributed by atoms with E-state index in [-0.39, 0.29) is 18.8 Å². The summed E-state index contributed by atoms with van der Waals surface area (Å²) in [7, 11) is 0. The summed E-state index contributed by atoms with van der Waals surface area (Å²) < 4.78 is 23.5. The van der Waals surface area contributed by atoms with Crippen molar-refractivity contribution >= 4 is 6.09 Å². The maximum absolute atomic E-state index is 12.9. The second-order valence-corrected chi connectivity index (χ2v) is 6.26. The van der Waals surface area contributed by atoms with Crippen LogP contribution in [0.4, 0.5) is 9.18 Å². The van der Waals surface area contributed by atoms with Gasteiger partial charge in [-0.2, -0.15) is 0 Å². The normalized spacial score (nSPS) is 25.1. The largest absolute Gasteiger partial charge is 0.444 e. The number of rotatable bonds is 5. The zero-order valence-electron chi connectivity index (χ0n) is 12.5. The minimum absolute atomic E-state index is 0.0351. The van der Waals surface area contributed by atoms with Crippen LogP contribution in [0.15, 0.2) is 0 Å². The maximum atomic E-state index is 12.9. The first kappa shape index (κ1) is 17.2. The van der Waals surface area contributed by atoms with Gasteiger partial charge in [0.25, 0.3) is 0 Å². The lowest BCUT2D eigenvalue weighted by Crippen LogP contribution is -2.43. The number of aliphatic hydroxyl groups excluding tert-OH is 1. The van der Waals surface area contributed by atoms with Crippen LogP contribution in [-0.4, -0.2) is 48.3 Å². The summed E-state index contributed by atoms with van der Waals surface area (Å²) in [6.45, 7) is 4.67. The van der Waals surface area contributed by atoms with Crippen molar-refractivity contribution in [3.05, 3.63) is 0 Å². The minimum Gasteiger partial charge on any atom is -0.444 e. The van der Waals surface area contributed by atoms with E-state index in [2.05, 4.69) is 5.32 Å². The number of hydrogen-bond acceptors (Lipinski definition) is 4. The van der Waals surface area contributed by atoms with Crippen LogP contribution in [0.2, 0.25) is 0 Å². The molecule has 2 N–H and O–H groups in total. The topological polar surface area (TPSA) is 67.8 Å². The molecule has 0 heterocycles. The van der Waals surface area contributed by atoms with Gasteiger partial charge in [-0.3, -0.25) is 0 Å². The third kappa shape index (κ3) is 7.05. The van der Waals surface area contributed by atoms with E-state index in [1.54, 1.807) is 20.8 Å². The standard InChI is InChI=1S/C14H26FNO4/c1-14(2,3)20-13(18)16-10(8-15)9-19-12-6-4-11(17)5-7-12/h10-12,17H,4-9H2,1-3H3,(H,16,18)/t10-,11?,12?/m0/s1. The van der Waals surface area contributed by atoms with Gasteiger partial charge < -0.3 is 19.9 Å². The molecule has 1 saturated carbocycles. The number of hydrogen-bond donors (Lipinski definition) is 2. The molecule has 20 heavy (non-hydrogen) atoms. The molecular formula is C14H26FNO4. The maximum Gasteiger partial charge on any atom is 0.408 e. The molecular weight excluding hydrogens is 265 g/mol. The molecule has 1 fully saturated rings. The van der Waals surface area contributed by atoms with E-state index in [0.29, 0.717) is 12.8 Å². The van der Waals surface area contributed by atoms with E-state index in [4.69, 9.17) is 9.47 Å². The summed E-state index contributed by atoms with van der Waals surface area (Å²) in [6.07, 6.45) is 2.12. The van der Waals surface area contributed by atoms with Gasteiger partial charge in [-0.25, -0.2) is 9.18 Å². The molecule has 0 saturated heterocycles. The number of alkyl halides is 1. The molecule has 0 unspecified atom stereocenters. The van der Waals surface area contributed by atoms with E-state index in [0.717, 1.165) is 12.8 Å². The zero-order chi connectivity index (χ0) is 15.2. The Balaban J connectivity index is 2.27. The number of carbonyl (C=O) groups is 1. The molecule has 118 valence electrons. The molecule has 1 atom stereocenters. The third-order valence-corrected chi connectivity index (χ3v) is 3.08. The number of nitrogens with one attached hydrogen (secondary N) is 1. The number of aliphatic hydroxyl groups is 1. The molecule has 6 heteroatoms. The van der Waals surface area contributed by atoms with Crippen LogP contribution < -0.4 is 5.32 Å². The quantitative estimate of drug-likeness (QED) is 0.814. The van der Waals surface area contributed by atoms with Crippen LogP contribution in [0.1, 0.15) is 46.5 Å². The van der Waals surface area contributed by atoms with Crippen LogP contribution >= 0.6 is 0 Å². The predicted molar refractivity (Wildman–Crippen MR) is 73.3 cm³/mol. The van der Waals surface area contributed by atoms with E-state index in [9.17, 15) is 14.3 Å². The Labute approximate surface area is 119 Å². The van der Waals surface area contributed by atoms with Gasteiger partial charge in [-0.1, -0.05) is 0 Å². The first-order chi connectivity index (χ1) is 9.30. The van der Waals surface area contributed by atoms with Crippen LogP contribution in [0.3, 0.4) is 0 Å². The van der Waals surface area contributed by atoms with Crippen molar-refractivity contribution in [3.8, 4) is 0 Å². The molecule has 5 nitrogen and oxygen atoms in total. The summed E-state index contributed by atoms with van der Waals surface area (Å²) in [5.41, 5.74) is -0.606. The summed E-state index contributed by atoms with van der Waals surface area (Å²) >= 11 is 0. The molecule has 0 spiro atoms. The Kier molecular flexibility index (Phi) is 6.68. The molecule has 0 bridgehead atoms. The first-order valence-corrected chi connectivity index (χ1v) is 7.15. The highest BCUT2D eigenvalue weighted by Crippen LogP contribution is 2.21. The lowest BCUT2D eigenvalue weighted by molar-refractivity contribution is -0.0157. The number of ether oxygens (including phenoxy) is 2. The van der Waals surface area contributed by atoms with Crippen LogP contribution in [0.5, 0.6) is 0 Å². The van der Waals surface area contributed by atoms with Crippen molar-refractivity contribution in [2.75, 3.05) is 13.3 Å². The Hall–Kier alpha value is -0.880. The van der Waals surface area contributed by atoms with Gasteiger partial charge in [0.2, 0.25) is 0 Å². The fourth-order valence-electron chi connectivity index (χ4n) is 2.06. The Bertz CT molecular complexity index is 298. The number of halogens is 1. The van der Waals surface area contributed by atoms with Crippen molar-refractivity contribution in [2.45, 2.75) is 70.3 Å². The fraction of sp³-hybridized carbons (Fsp3) is 0.929. The SMILES string of the molecule is CC(C)(C)OC(=O)N[C@@H](CF)COC1CCC(O)CC1. The third-order valence-electron chi connectivity index (χ3n) is 3.08. The Morgan fingerprint density at radius 2 is 1.95 bits per heavy atom. The smallest absolute Gasteiger partial charge is 0.408 e. The highest BCUT2D eigenvalue weighted by molar-refractivity contribution is 5.68. The highest BCUT2D eigenvalue weighted by atomic mass is 19.1. The zero-order valence-corrected chi connectivity index (χ0v) is 12.5. The second-order valence-electron chi connectivity index (χ2n) is 6.26. The van der Waals surface area contributed by atoms with Gasteiger partial charge in [0, 0.05) is 0 Å². The summed E-state index contributed by atoms with van der Waals surface area (Å²) in [6, 6.07) is -0.698. The molecule has 0 aromatic rings. The van der Waals surface area contributed by atoms with Gasteiger partial charge in [-0.15, -0.1) is 0 Å². The van der Waals surface area contributed by atoms with Crippen LogP contribution in [0, 0.1) is 0 Å². The predicted octanol–water partition coefficient (Wildman–Crippen LogP) is 2.17. The van der Waals surface area contributed by atoms with E-state index in [1.165, 1.54) is 0 Å². The van der Waals surface area contributed by atoms with E-state index < -0.39 is 24.4 Å². The van der Waals surface area contributed by atoms with Crippen molar-refractivity contribution in [1.82, 2.24) is 5.32 Å². The average molecular weight is 291 g/mol. The molecule has 0 aromatic carbocycles. The van der Waals surface area contributed by atoms with Crippen molar-refractivity contribution in [3.63, 3.8) is 0 Å². The number of carbonyl (C=O) groups excluding carboxylic acids is 1. The summed E-state index contributed by atoms with van der Waals surface area (Å²) in [5, 5.41) is 11.8. The van der Waals surface area contributed by atoms with E-state index >= 15 is 0 Å². The van der Waals surface area contributed by atoms with Gasteiger partial charge in [0.15, 0.2) is 0 Å². The van der Waals surface area contributed by atoms with E-state index in [1.807, 2.05) is 0 Å². The lowest BCUT2D eigenvalue weighted by atomic mass is 9.95. The van der Waals surface area contributed by atoms with Crippen molar-refractivity contribution < 1.29 is 23.8 Å². The fourth-order valence-corrected chi connectivity index (χ4v) is 2.06. The monoisotopic (exact) mass is 291 g/mol. The molecule has 1 amide bonds. The Morgan fingerprint density at radius 1 is 1.35 bits per heavy atom. The second kappa shape index (κ2) is 7.78. The summed E-state index contributed by atoms with van der Waals surface area (Å²) in [4.78, 5) is 11.5. The molecule has 1 aliphatic rings.